The van der Waals surface area contributed by atoms with E-state index in [1.165, 1.54) is 17.0 Å². The minimum absolute atomic E-state index is 0.0687. The Hall–Kier alpha value is -3.37. The topological polar surface area (TPSA) is 96.0 Å². The molecule has 1 saturated carbocycles. The second-order valence-electron chi connectivity index (χ2n) is 10.4. The molecule has 10 heteroatoms. The molecule has 1 fully saturated rings. The monoisotopic (exact) mass is 655 g/mol. The van der Waals surface area contributed by atoms with Crippen molar-refractivity contribution in [2.45, 2.75) is 69.0 Å². The summed E-state index contributed by atoms with van der Waals surface area (Å²) in [6.07, 6.45) is 5.48. The molecule has 1 atom stereocenters. The number of carbonyl (C=O) groups is 2. The van der Waals surface area contributed by atoms with E-state index in [2.05, 4.69) is 21.2 Å². The van der Waals surface area contributed by atoms with Gasteiger partial charge in [-0.05, 0) is 67.3 Å². The zero-order valence-electron chi connectivity index (χ0n) is 24.0. The molecule has 0 radical (unpaired) electrons. The number of carbonyl (C=O) groups excluding carboxylic acids is 2. The summed E-state index contributed by atoms with van der Waals surface area (Å²) in [5.74, 6) is -0.0782. The Kier molecular flexibility index (Phi) is 11.0. The van der Waals surface area contributed by atoms with Crippen molar-refractivity contribution in [1.82, 2.24) is 10.2 Å². The number of sulfonamides is 1. The van der Waals surface area contributed by atoms with Gasteiger partial charge in [0.15, 0.2) is 0 Å². The number of anilines is 1. The Bertz CT molecular complexity index is 1460. The van der Waals surface area contributed by atoms with Crippen LogP contribution in [0, 0.1) is 0 Å². The molecular formula is C32H38BrN3O5S. The maximum absolute atomic E-state index is 14.2. The van der Waals surface area contributed by atoms with Crippen LogP contribution in [-0.2, 0) is 26.2 Å². The largest absolute Gasteiger partial charge is 0.497 e. The molecule has 3 aromatic carbocycles. The average molecular weight is 657 g/mol. The van der Waals surface area contributed by atoms with E-state index in [1.54, 1.807) is 49.6 Å². The van der Waals surface area contributed by atoms with Crippen molar-refractivity contribution in [3.05, 3.63) is 88.9 Å². The van der Waals surface area contributed by atoms with Gasteiger partial charge in [-0.25, -0.2) is 8.42 Å². The maximum Gasteiger partial charge on any atom is 0.264 e. The van der Waals surface area contributed by atoms with Crippen LogP contribution in [0.2, 0.25) is 0 Å². The van der Waals surface area contributed by atoms with Crippen LogP contribution in [0.4, 0.5) is 5.69 Å². The number of nitrogens with one attached hydrogen (secondary N) is 1. The van der Waals surface area contributed by atoms with E-state index in [1.807, 2.05) is 31.2 Å². The van der Waals surface area contributed by atoms with Crippen molar-refractivity contribution >= 4 is 43.5 Å². The molecule has 3 aromatic rings. The van der Waals surface area contributed by atoms with Crippen molar-refractivity contribution in [3.63, 3.8) is 0 Å². The van der Waals surface area contributed by atoms with Gasteiger partial charge < -0.3 is 15.0 Å². The molecule has 0 aliphatic heterocycles. The van der Waals surface area contributed by atoms with Crippen molar-refractivity contribution in [2.75, 3.05) is 18.0 Å². The number of benzene rings is 3. The molecule has 4 rings (SSSR count). The summed E-state index contributed by atoms with van der Waals surface area (Å²) in [6.45, 7) is 1.50. The highest BCUT2D eigenvalue weighted by Gasteiger charge is 2.34. The fourth-order valence-corrected chi connectivity index (χ4v) is 7.13. The van der Waals surface area contributed by atoms with Crippen LogP contribution in [-0.4, -0.2) is 50.9 Å². The Morgan fingerprint density at radius 1 is 0.976 bits per heavy atom. The van der Waals surface area contributed by atoms with Gasteiger partial charge in [-0.15, -0.1) is 0 Å². The van der Waals surface area contributed by atoms with Crippen LogP contribution in [0.5, 0.6) is 5.75 Å². The van der Waals surface area contributed by atoms with E-state index in [0.717, 1.165) is 42.0 Å². The lowest BCUT2D eigenvalue weighted by Crippen LogP contribution is -2.54. The van der Waals surface area contributed by atoms with Gasteiger partial charge in [0.05, 0.1) is 17.7 Å². The highest BCUT2D eigenvalue weighted by atomic mass is 79.9. The highest BCUT2D eigenvalue weighted by Crippen LogP contribution is 2.27. The second kappa shape index (κ2) is 14.7. The third kappa shape index (κ3) is 7.92. The smallest absolute Gasteiger partial charge is 0.264 e. The number of ether oxygens (including phenoxy) is 1. The van der Waals surface area contributed by atoms with Crippen molar-refractivity contribution < 1.29 is 22.7 Å². The van der Waals surface area contributed by atoms with Gasteiger partial charge in [-0.2, -0.15) is 0 Å². The van der Waals surface area contributed by atoms with Crippen molar-refractivity contribution in [1.29, 1.82) is 0 Å². The lowest BCUT2D eigenvalue weighted by Gasteiger charge is -2.34. The third-order valence-corrected chi connectivity index (χ3v) is 9.81. The Morgan fingerprint density at radius 3 is 2.36 bits per heavy atom. The van der Waals surface area contributed by atoms with Gasteiger partial charge in [-0.3, -0.25) is 13.9 Å². The first-order chi connectivity index (χ1) is 20.2. The zero-order valence-corrected chi connectivity index (χ0v) is 26.4. The predicted octanol–water partition coefficient (Wildman–Crippen LogP) is 5.91. The first kappa shape index (κ1) is 31.6. The van der Waals surface area contributed by atoms with Crippen LogP contribution in [0.3, 0.4) is 0 Å². The molecule has 0 bridgehead atoms. The molecule has 1 N–H and O–H groups in total. The van der Waals surface area contributed by atoms with Crippen molar-refractivity contribution in [3.8, 4) is 5.75 Å². The molecule has 42 heavy (non-hydrogen) atoms. The summed E-state index contributed by atoms with van der Waals surface area (Å²) in [4.78, 5) is 29.5. The summed E-state index contributed by atoms with van der Waals surface area (Å²) in [5, 5.41) is 3.17. The Morgan fingerprint density at radius 2 is 1.69 bits per heavy atom. The minimum atomic E-state index is -4.11. The number of hydrogen-bond acceptors (Lipinski definition) is 5. The summed E-state index contributed by atoms with van der Waals surface area (Å²) in [5.41, 5.74) is 1.11. The first-order valence-corrected chi connectivity index (χ1v) is 16.5. The van der Waals surface area contributed by atoms with Crippen LogP contribution >= 0.6 is 15.9 Å². The number of methoxy groups -OCH3 is 1. The minimum Gasteiger partial charge on any atom is -0.497 e. The van der Waals surface area contributed by atoms with Crippen LogP contribution in [0.15, 0.2) is 88.2 Å². The first-order valence-electron chi connectivity index (χ1n) is 14.3. The molecule has 8 nitrogen and oxygen atoms in total. The van der Waals surface area contributed by atoms with Crippen LogP contribution < -0.4 is 14.4 Å². The van der Waals surface area contributed by atoms with E-state index < -0.39 is 28.5 Å². The molecule has 0 heterocycles. The number of halogens is 1. The lowest BCUT2D eigenvalue weighted by molar-refractivity contribution is -0.140. The van der Waals surface area contributed by atoms with Crippen molar-refractivity contribution in [2.24, 2.45) is 0 Å². The molecule has 224 valence electrons. The molecule has 1 aliphatic rings. The van der Waals surface area contributed by atoms with Crippen LogP contribution in [0.25, 0.3) is 0 Å². The average Bonchev–Trinajstić information content (AvgIpc) is 3.00. The molecule has 0 spiro atoms. The van der Waals surface area contributed by atoms with E-state index >= 15 is 0 Å². The van der Waals surface area contributed by atoms with Gasteiger partial charge in [0, 0.05) is 17.1 Å². The lowest BCUT2D eigenvalue weighted by atomic mass is 9.95. The van der Waals surface area contributed by atoms with Gasteiger partial charge in [0.2, 0.25) is 11.8 Å². The predicted molar refractivity (Wildman–Crippen MR) is 168 cm³/mol. The van der Waals surface area contributed by atoms with Gasteiger partial charge in [-0.1, -0.05) is 78.5 Å². The standard InChI is InChI=1S/C32H38BrN3O5S/c1-3-30(32(38)34-26-14-6-4-7-15-26)35(22-24-12-10-17-28(20-24)41-2)31(37)23-36(27-16-11-13-25(33)21-27)42(39,40)29-18-8-5-9-19-29/h5,8-13,16-21,26,30H,3-4,6-7,14-15,22-23H2,1-2H3,(H,34,38). The molecule has 1 aliphatic carbocycles. The van der Waals surface area contributed by atoms with Gasteiger partial charge in [0.25, 0.3) is 10.0 Å². The quantitative estimate of drug-likeness (QED) is 0.262. The summed E-state index contributed by atoms with van der Waals surface area (Å²) >= 11 is 3.43. The Balaban J connectivity index is 1.71. The van der Waals surface area contributed by atoms with E-state index in [0.29, 0.717) is 22.3 Å². The summed E-state index contributed by atoms with van der Waals surface area (Å²) in [6, 6.07) is 21.5. The second-order valence-corrected chi connectivity index (χ2v) is 13.2. The third-order valence-electron chi connectivity index (χ3n) is 7.53. The molecule has 0 saturated heterocycles. The molecule has 0 aromatic heterocycles. The molecular weight excluding hydrogens is 618 g/mol. The fraction of sp³-hybridized carbons (Fsp3) is 0.375. The maximum atomic E-state index is 14.2. The Labute approximate surface area is 257 Å². The highest BCUT2D eigenvalue weighted by molar-refractivity contribution is 9.10. The fourth-order valence-electron chi connectivity index (χ4n) is 5.31. The molecule has 1 unspecified atom stereocenters. The van der Waals surface area contributed by atoms with Gasteiger partial charge in [0.1, 0.15) is 18.3 Å². The van der Waals surface area contributed by atoms with E-state index in [9.17, 15) is 18.0 Å². The summed E-state index contributed by atoms with van der Waals surface area (Å²) < 4.78 is 35.0. The number of amides is 2. The number of nitrogens with zero attached hydrogens (tertiary/aromatic N) is 2. The number of hydrogen-bond donors (Lipinski definition) is 1. The van der Waals surface area contributed by atoms with E-state index in [-0.39, 0.29) is 23.4 Å². The van der Waals surface area contributed by atoms with E-state index in [4.69, 9.17) is 4.74 Å². The summed E-state index contributed by atoms with van der Waals surface area (Å²) in [7, 11) is -2.55. The zero-order chi connectivity index (χ0) is 30.1. The van der Waals surface area contributed by atoms with Gasteiger partial charge >= 0.3 is 0 Å². The number of rotatable bonds is 12. The SMILES string of the molecule is CCC(C(=O)NC1CCCCC1)N(Cc1cccc(OC)c1)C(=O)CN(c1cccc(Br)c1)S(=O)(=O)c1ccccc1. The normalized spacial score (nSPS) is 14.5. The van der Waals surface area contributed by atoms with Crippen LogP contribution in [0.1, 0.15) is 51.0 Å². The molecule has 2 amide bonds.